The van der Waals surface area contributed by atoms with E-state index in [1.54, 1.807) is 18.8 Å². The van der Waals surface area contributed by atoms with Gasteiger partial charge < -0.3 is 4.90 Å². The maximum Gasteiger partial charge on any atom is 0.304 e. The van der Waals surface area contributed by atoms with Gasteiger partial charge in [0.1, 0.15) is 0 Å². The highest BCUT2D eigenvalue weighted by Gasteiger charge is 2.18. The van der Waals surface area contributed by atoms with Crippen LogP contribution in [0.15, 0.2) is 18.2 Å². The third-order valence-corrected chi connectivity index (χ3v) is 2.96. The monoisotopic (exact) mass is 272 g/mol. The molecule has 0 radical (unpaired) electrons. The third kappa shape index (κ3) is 3.43. The molecule has 18 heavy (non-hydrogen) atoms. The van der Waals surface area contributed by atoms with Crippen molar-refractivity contribution in [2.75, 3.05) is 25.6 Å². The fraction of sp³-hybridized carbons (Fsp3) is 0.364. The standard InChI is InChI=1S/C11H13FN2O3S/c1-13(5-6-18-2)11(15)8-3-4-10(14(16)17)9(12)7-8/h3-4,7H,5-6H2,1-2H3. The van der Waals surface area contributed by atoms with Crippen molar-refractivity contribution in [3.05, 3.63) is 39.7 Å². The number of carbonyl (C=O) groups is 1. The van der Waals surface area contributed by atoms with Gasteiger partial charge in [-0.05, 0) is 18.4 Å². The summed E-state index contributed by atoms with van der Waals surface area (Å²) in [5, 5.41) is 10.4. The molecule has 0 aliphatic heterocycles. The molecule has 1 aromatic carbocycles. The first kappa shape index (κ1) is 14.4. The average Bonchev–Trinajstić information content (AvgIpc) is 2.34. The molecule has 0 unspecified atom stereocenters. The Kier molecular flexibility index (Phi) is 5.08. The smallest absolute Gasteiger partial charge is 0.304 e. The molecule has 7 heteroatoms. The molecule has 5 nitrogen and oxygen atoms in total. The van der Waals surface area contributed by atoms with Crippen LogP contribution in [0.4, 0.5) is 10.1 Å². The van der Waals surface area contributed by atoms with Gasteiger partial charge in [0.15, 0.2) is 0 Å². The number of rotatable bonds is 5. The van der Waals surface area contributed by atoms with Gasteiger partial charge in [0.2, 0.25) is 5.82 Å². The summed E-state index contributed by atoms with van der Waals surface area (Å²) in [4.78, 5) is 22.9. The van der Waals surface area contributed by atoms with Crippen LogP contribution in [0.2, 0.25) is 0 Å². The van der Waals surface area contributed by atoms with Crippen LogP contribution in [0.5, 0.6) is 0 Å². The zero-order chi connectivity index (χ0) is 13.7. The highest BCUT2D eigenvalue weighted by atomic mass is 32.2. The molecule has 1 aromatic rings. The Morgan fingerprint density at radius 2 is 2.22 bits per heavy atom. The summed E-state index contributed by atoms with van der Waals surface area (Å²) in [6.07, 6.45) is 1.92. The van der Waals surface area contributed by atoms with Crippen LogP contribution in [-0.2, 0) is 0 Å². The van der Waals surface area contributed by atoms with E-state index in [2.05, 4.69) is 0 Å². The maximum atomic E-state index is 13.4. The molecule has 98 valence electrons. The van der Waals surface area contributed by atoms with Crippen molar-refractivity contribution in [1.29, 1.82) is 0 Å². The van der Waals surface area contributed by atoms with Gasteiger partial charge in [-0.2, -0.15) is 16.2 Å². The fourth-order valence-electron chi connectivity index (χ4n) is 1.34. The molecule has 0 fully saturated rings. The van der Waals surface area contributed by atoms with E-state index in [1.165, 1.54) is 11.0 Å². The summed E-state index contributed by atoms with van der Waals surface area (Å²) in [5.41, 5.74) is -0.514. The van der Waals surface area contributed by atoms with Gasteiger partial charge in [-0.1, -0.05) is 0 Å². The Morgan fingerprint density at radius 1 is 1.56 bits per heavy atom. The lowest BCUT2D eigenvalue weighted by Gasteiger charge is -2.16. The van der Waals surface area contributed by atoms with Crippen molar-refractivity contribution >= 4 is 23.4 Å². The molecule has 0 heterocycles. The van der Waals surface area contributed by atoms with Crippen molar-refractivity contribution in [3.8, 4) is 0 Å². The van der Waals surface area contributed by atoms with E-state index < -0.39 is 16.4 Å². The quantitative estimate of drug-likeness (QED) is 0.608. The Morgan fingerprint density at radius 3 is 2.72 bits per heavy atom. The van der Waals surface area contributed by atoms with Gasteiger partial charge in [0.05, 0.1) is 4.92 Å². The van der Waals surface area contributed by atoms with Crippen LogP contribution in [0.3, 0.4) is 0 Å². The third-order valence-electron chi connectivity index (χ3n) is 2.37. The molecule has 0 N–H and O–H groups in total. The molecule has 0 saturated carbocycles. The molecule has 0 aliphatic rings. The number of nitro benzene ring substituents is 1. The minimum absolute atomic E-state index is 0.113. The summed E-state index contributed by atoms with van der Waals surface area (Å²) in [5.74, 6) is -0.570. The first-order valence-electron chi connectivity index (χ1n) is 5.15. The van der Waals surface area contributed by atoms with Gasteiger partial charge >= 0.3 is 5.69 Å². The predicted octanol–water partition coefficient (Wildman–Crippen LogP) is 2.17. The van der Waals surface area contributed by atoms with E-state index in [0.29, 0.717) is 6.54 Å². The maximum absolute atomic E-state index is 13.4. The highest BCUT2D eigenvalue weighted by molar-refractivity contribution is 7.98. The first-order valence-corrected chi connectivity index (χ1v) is 6.55. The molecular formula is C11H13FN2O3S. The largest absolute Gasteiger partial charge is 0.341 e. The van der Waals surface area contributed by atoms with Crippen molar-refractivity contribution < 1.29 is 14.1 Å². The van der Waals surface area contributed by atoms with E-state index in [4.69, 9.17) is 0 Å². The van der Waals surface area contributed by atoms with Crippen LogP contribution in [0.25, 0.3) is 0 Å². The zero-order valence-electron chi connectivity index (χ0n) is 10.1. The molecule has 0 saturated heterocycles. The molecular weight excluding hydrogens is 259 g/mol. The summed E-state index contributed by atoms with van der Waals surface area (Å²) in [6, 6.07) is 3.17. The molecule has 1 amide bonds. The highest BCUT2D eigenvalue weighted by Crippen LogP contribution is 2.18. The summed E-state index contributed by atoms with van der Waals surface area (Å²) in [6.45, 7) is 0.540. The normalized spacial score (nSPS) is 10.2. The van der Waals surface area contributed by atoms with E-state index >= 15 is 0 Å². The van der Waals surface area contributed by atoms with E-state index in [0.717, 1.165) is 17.9 Å². The summed E-state index contributed by atoms with van der Waals surface area (Å²) >= 11 is 1.59. The van der Waals surface area contributed by atoms with Crippen molar-refractivity contribution in [1.82, 2.24) is 4.90 Å². The predicted molar refractivity (Wildman–Crippen MR) is 68.4 cm³/mol. The van der Waals surface area contributed by atoms with Gasteiger partial charge in [0.25, 0.3) is 5.91 Å². The van der Waals surface area contributed by atoms with Crippen LogP contribution in [0.1, 0.15) is 10.4 Å². The minimum Gasteiger partial charge on any atom is -0.341 e. The number of nitrogens with zero attached hydrogens (tertiary/aromatic N) is 2. The topological polar surface area (TPSA) is 63.5 Å². The van der Waals surface area contributed by atoms with Crippen LogP contribution in [0, 0.1) is 15.9 Å². The Balaban J connectivity index is 2.87. The Hall–Kier alpha value is -1.63. The van der Waals surface area contributed by atoms with E-state index in [1.807, 2.05) is 6.26 Å². The number of hydrogen-bond acceptors (Lipinski definition) is 4. The van der Waals surface area contributed by atoms with Gasteiger partial charge in [-0.15, -0.1) is 0 Å². The van der Waals surface area contributed by atoms with Crippen molar-refractivity contribution in [3.63, 3.8) is 0 Å². The second-order valence-corrected chi connectivity index (χ2v) is 4.63. The van der Waals surface area contributed by atoms with Gasteiger partial charge in [-0.25, -0.2) is 0 Å². The fourth-order valence-corrected chi connectivity index (χ4v) is 1.79. The Labute approximate surface area is 108 Å². The van der Waals surface area contributed by atoms with E-state index in [9.17, 15) is 19.3 Å². The number of carbonyl (C=O) groups excluding carboxylic acids is 1. The number of amides is 1. The summed E-state index contributed by atoms with van der Waals surface area (Å²) in [7, 11) is 1.61. The molecule has 0 aromatic heterocycles. The number of nitro groups is 1. The lowest BCUT2D eigenvalue weighted by molar-refractivity contribution is -0.387. The van der Waals surface area contributed by atoms with Gasteiger partial charge in [-0.3, -0.25) is 14.9 Å². The van der Waals surface area contributed by atoms with Crippen molar-refractivity contribution in [2.45, 2.75) is 0 Å². The molecule has 0 atom stereocenters. The van der Waals surface area contributed by atoms with E-state index in [-0.39, 0.29) is 11.5 Å². The van der Waals surface area contributed by atoms with Gasteiger partial charge in [0, 0.05) is 31.0 Å². The second kappa shape index (κ2) is 6.34. The molecule has 1 rings (SSSR count). The molecule has 0 aliphatic carbocycles. The zero-order valence-corrected chi connectivity index (χ0v) is 10.9. The minimum atomic E-state index is -0.996. The SMILES string of the molecule is CSCCN(C)C(=O)c1ccc([N+](=O)[O-])c(F)c1. The number of hydrogen-bond donors (Lipinski definition) is 0. The summed E-state index contributed by atoms with van der Waals surface area (Å²) < 4.78 is 13.4. The van der Waals surface area contributed by atoms with Crippen molar-refractivity contribution in [2.24, 2.45) is 0 Å². The second-order valence-electron chi connectivity index (χ2n) is 3.64. The molecule has 0 bridgehead atoms. The van der Waals surface area contributed by atoms with Crippen LogP contribution in [-0.4, -0.2) is 41.3 Å². The Bertz CT molecular complexity index is 468. The molecule has 0 spiro atoms. The van der Waals surface area contributed by atoms with Crippen LogP contribution < -0.4 is 0 Å². The average molecular weight is 272 g/mol. The lowest BCUT2D eigenvalue weighted by atomic mass is 10.2. The number of benzene rings is 1. The first-order chi connectivity index (χ1) is 8.47. The lowest BCUT2D eigenvalue weighted by Crippen LogP contribution is -2.28. The number of thioether (sulfide) groups is 1. The van der Waals surface area contributed by atoms with Crippen LogP contribution >= 0.6 is 11.8 Å². The number of halogens is 1.